The molecule has 0 aromatic rings. The Morgan fingerprint density at radius 1 is 1.46 bits per heavy atom. The number of carbonyl (C=O) groups is 1. The van der Waals surface area contributed by atoms with Crippen LogP contribution >= 0.6 is 0 Å². The van der Waals surface area contributed by atoms with Crippen molar-refractivity contribution in [2.45, 2.75) is 51.1 Å². The summed E-state index contributed by atoms with van der Waals surface area (Å²) in [6, 6.07) is 0.935. The first kappa shape index (κ1) is 9.00. The highest BCUT2D eigenvalue weighted by Gasteiger charge is 2.47. The maximum atomic E-state index is 11.2. The molecule has 0 saturated carbocycles. The fourth-order valence-corrected chi connectivity index (χ4v) is 2.87. The van der Waals surface area contributed by atoms with Crippen molar-refractivity contribution in [3.05, 3.63) is 0 Å². The van der Waals surface area contributed by atoms with E-state index in [-0.39, 0.29) is 0 Å². The minimum Gasteiger partial charge on any atom is -0.481 e. The van der Waals surface area contributed by atoms with E-state index < -0.39 is 11.4 Å². The lowest BCUT2D eigenvalue weighted by Crippen LogP contribution is -2.47. The molecule has 2 atom stereocenters. The third-order valence-electron chi connectivity index (χ3n) is 3.74. The van der Waals surface area contributed by atoms with E-state index in [2.05, 4.69) is 5.32 Å². The maximum Gasteiger partial charge on any atom is 0.309 e. The second-order valence-electron chi connectivity index (χ2n) is 4.49. The number of rotatable bonds is 2. The van der Waals surface area contributed by atoms with Gasteiger partial charge in [0.1, 0.15) is 0 Å². The number of piperidine rings is 1. The van der Waals surface area contributed by atoms with E-state index in [0.717, 1.165) is 19.3 Å². The zero-order valence-electron chi connectivity index (χ0n) is 8.05. The van der Waals surface area contributed by atoms with Gasteiger partial charge in [-0.25, -0.2) is 0 Å². The van der Waals surface area contributed by atoms with Gasteiger partial charge in [-0.15, -0.1) is 0 Å². The molecule has 0 aliphatic carbocycles. The average Bonchev–Trinajstić information content (AvgIpc) is 2.45. The summed E-state index contributed by atoms with van der Waals surface area (Å²) in [5.41, 5.74) is -0.420. The van der Waals surface area contributed by atoms with Crippen LogP contribution in [0.3, 0.4) is 0 Å². The topological polar surface area (TPSA) is 49.3 Å². The molecule has 2 saturated heterocycles. The Morgan fingerprint density at radius 2 is 2.00 bits per heavy atom. The van der Waals surface area contributed by atoms with Crippen LogP contribution in [-0.4, -0.2) is 23.2 Å². The lowest BCUT2D eigenvalue weighted by molar-refractivity contribution is -0.151. The molecular formula is C10H17NO2. The first-order valence-corrected chi connectivity index (χ1v) is 5.16. The number of fused-ring (bicyclic) bond motifs is 2. The van der Waals surface area contributed by atoms with Crippen molar-refractivity contribution in [1.29, 1.82) is 0 Å². The smallest absolute Gasteiger partial charge is 0.309 e. The van der Waals surface area contributed by atoms with Gasteiger partial charge in [0.15, 0.2) is 0 Å². The highest BCUT2D eigenvalue weighted by atomic mass is 16.4. The van der Waals surface area contributed by atoms with Crippen molar-refractivity contribution in [2.75, 3.05) is 0 Å². The van der Waals surface area contributed by atoms with Crippen LogP contribution in [0.5, 0.6) is 0 Å². The van der Waals surface area contributed by atoms with Crippen LogP contribution in [-0.2, 0) is 4.79 Å². The van der Waals surface area contributed by atoms with E-state index in [1.54, 1.807) is 0 Å². The average molecular weight is 183 g/mol. The molecule has 0 aromatic heterocycles. The molecule has 2 heterocycles. The molecule has 2 bridgehead atoms. The molecule has 0 amide bonds. The van der Waals surface area contributed by atoms with Gasteiger partial charge in [-0.1, -0.05) is 6.92 Å². The molecule has 2 aliphatic rings. The zero-order valence-corrected chi connectivity index (χ0v) is 8.05. The van der Waals surface area contributed by atoms with Gasteiger partial charge >= 0.3 is 5.97 Å². The molecule has 2 unspecified atom stereocenters. The Morgan fingerprint density at radius 3 is 2.38 bits per heavy atom. The Labute approximate surface area is 78.5 Å². The van der Waals surface area contributed by atoms with Gasteiger partial charge in [-0.2, -0.15) is 0 Å². The Kier molecular flexibility index (Phi) is 2.06. The third-order valence-corrected chi connectivity index (χ3v) is 3.74. The first-order valence-electron chi connectivity index (χ1n) is 5.16. The SMILES string of the molecule is CCC1(C(=O)O)CC2CCC(C1)N2. The highest BCUT2D eigenvalue weighted by molar-refractivity contribution is 5.75. The van der Waals surface area contributed by atoms with Crippen molar-refractivity contribution < 1.29 is 9.90 Å². The Hall–Kier alpha value is -0.570. The summed E-state index contributed by atoms with van der Waals surface area (Å²) in [7, 11) is 0. The highest BCUT2D eigenvalue weighted by Crippen LogP contribution is 2.42. The summed E-state index contributed by atoms with van der Waals surface area (Å²) in [6.45, 7) is 2.00. The van der Waals surface area contributed by atoms with Gasteiger partial charge in [0.2, 0.25) is 0 Å². The monoisotopic (exact) mass is 183 g/mol. The van der Waals surface area contributed by atoms with Gasteiger partial charge in [0.25, 0.3) is 0 Å². The second kappa shape index (κ2) is 2.98. The standard InChI is InChI=1S/C10H17NO2/c1-2-10(9(12)13)5-7-3-4-8(6-10)11-7/h7-8,11H,2-6H2,1H3,(H,12,13). The van der Waals surface area contributed by atoms with Gasteiger partial charge in [0, 0.05) is 12.1 Å². The Balaban J connectivity index is 2.18. The third kappa shape index (κ3) is 1.35. The van der Waals surface area contributed by atoms with Crippen LogP contribution in [0, 0.1) is 5.41 Å². The van der Waals surface area contributed by atoms with E-state index in [9.17, 15) is 9.90 Å². The van der Waals surface area contributed by atoms with Gasteiger partial charge < -0.3 is 10.4 Å². The number of nitrogens with one attached hydrogen (secondary N) is 1. The van der Waals surface area contributed by atoms with Crippen LogP contribution in [0.1, 0.15) is 39.0 Å². The van der Waals surface area contributed by atoms with E-state index in [1.807, 2.05) is 6.92 Å². The van der Waals surface area contributed by atoms with Crippen LogP contribution in [0.2, 0.25) is 0 Å². The second-order valence-corrected chi connectivity index (χ2v) is 4.49. The van der Waals surface area contributed by atoms with Crippen LogP contribution in [0.15, 0.2) is 0 Å². The van der Waals surface area contributed by atoms with E-state index >= 15 is 0 Å². The first-order chi connectivity index (χ1) is 6.16. The molecule has 0 aromatic carbocycles. The number of hydrogen-bond donors (Lipinski definition) is 2. The molecule has 3 nitrogen and oxygen atoms in total. The summed E-state index contributed by atoms with van der Waals surface area (Å²) in [5.74, 6) is -0.589. The largest absolute Gasteiger partial charge is 0.481 e. The quantitative estimate of drug-likeness (QED) is 0.680. The van der Waals surface area contributed by atoms with Crippen LogP contribution in [0.4, 0.5) is 0 Å². The molecule has 3 heteroatoms. The molecule has 2 N–H and O–H groups in total. The van der Waals surface area contributed by atoms with Crippen molar-refractivity contribution in [3.8, 4) is 0 Å². The Bertz CT molecular complexity index is 215. The maximum absolute atomic E-state index is 11.2. The predicted molar refractivity (Wildman–Crippen MR) is 49.5 cm³/mol. The van der Waals surface area contributed by atoms with Crippen molar-refractivity contribution in [2.24, 2.45) is 5.41 Å². The molecule has 2 rings (SSSR count). The molecule has 13 heavy (non-hydrogen) atoms. The molecule has 2 aliphatic heterocycles. The fraction of sp³-hybridized carbons (Fsp3) is 0.900. The van der Waals surface area contributed by atoms with Crippen LogP contribution in [0.25, 0.3) is 0 Å². The zero-order chi connectivity index (χ0) is 9.47. The normalized spacial score (nSPS) is 43.5. The van der Waals surface area contributed by atoms with E-state index in [4.69, 9.17) is 0 Å². The summed E-state index contributed by atoms with van der Waals surface area (Å²) >= 11 is 0. The van der Waals surface area contributed by atoms with Gasteiger partial charge in [-0.05, 0) is 32.1 Å². The number of aliphatic carboxylic acids is 1. The molecular weight excluding hydrogens is 166 g/mol. The summed E-state index contributed by atoms with van der Waals surface area (Å²) in [6.07, 6.45) is 4.76. The number of carboxylic acid groups (broad SMARTS) is 1. The van der Waals surface area contributed by atoms with Gasteiger partial charge in [0.05, 0.1) is 5.41 Å². The predicted octanol–water partition coefficient (Wildman–Crippen LogP) is 1.38. The summed E-state index contributed by atoms with van der Waals surface area (Å²) < 4.78 is 0. The van der Waals surface area contributed by atoms with Crippen molar-refractivity contribution in [3.63, 3.8) is 0 Å². The van der Waals surface area contributed by atoms with E-state index in [0.29, 0.717) is 12.1 Å². The summed E-state index contributed by atoms with van der Waals surface area (Å²) in [4.78, 5) is 11.2. The molecule has 0 spiro atoms. The number of hydrogen-bond acceptors (Lipinski definition) is 2. The van der Waals surface area contributed by atoms with Crippen LogP contribution < -0.4 is 5.32 Å². The van der Waals surface area contributed by atoms with Crippen molar-refractivity contribution >= 4 is 5.97 Å². The summed E-state index contributed by atoms with van der Waals surface area (Å²) in [5, 5.41) is 12.7. The molecule has 0 radical (unpaired) electrons. The lowest BCUT2D eigenvalue weighted by Gasteiger charge is -2.37. The lowest BCUT2D eigenvalue weighted by atomic mass is 9.74. The minimum atomic E-state index is -0.589. The minimum absolute atomic E-state index is 0.420. The molecule has 2 fully saturated rings. The number of carboxylic acids is 1. The van der Waals surface area contributed by atoms with E-state index in [1.165, 1.54) is 12.8 Å². The van der Waals surface area contributed by atoms with Crippen molar-refractivity contribution in [1.82, 2.24) is 5.32 Å². The van der Waals surface area contributed by atoms with Gasteiger partial charge in [-0.3, -0.25) is 4.79 Å². The fourth-order valence-electron chi connectivity index (χ4n) is 2.87. The molecule has 74 valence electrons.